The summed E-state index contributed by atoms with van der Waals surface area (Å²) in [5.41, 5.74) is 0. The highest BCUT2D eigenvalue weighted by molar-refractivity contribution is 5.98. The van der Waals surface area contributed by atoms with Gasteiger partial charge in [0.2, 0.25) is 41.4 Å². The molecule has 0 saturated carbocycles. The van der Waals surface area contributed by atoms with Crippen molar-refractivity contribution in [2.45, 2.75) is 247 Å². The molecule has 73 heavy (non-hydrogen) atoms. The van der Waals surface area contributed by atoms with Crippen LogP contribution in [-0.2, 0) is 52.7 Å². The summed E-state index contributed by atoms with van der Waals surface area (Å²) in [5, 5.41) is 37.8. The molecule has 0 aliphatic carbocycles. The minimum absolute atomic E-state index is 0.0400. The van der Waals surface area contributed by atoms with Crippen molar-refractivity contribution in [3.63, 3.8) is 0 Å². The molecule has 20 heteroatoms. The van der Waals surface area contributed by atoms with Crippen LogP contribution in [-0.4, -0.2) is 118 Å². The third-order valence-electron chi connectivity index (χ3n) is 12.6. The Morgan fingerprint density at radius 1 is 0.466 bits per heavy atom. The Bertz CT molecular complexity index is 1790. The molecule has 418 valence electrons. The number of hydrogen-bond acceptors (Lipinski definition) is 11. The first-order valence-electron chi connectivity index (χ1n) is 27.0. The van der Waals surface area contributed by atoms with Crippen LogP contribution >= 0.6 is 0 Å². The molecule has 9 N–H and O–H groups in total. The van der Waals surface area contributed by atoms with E-state index in [1.54, 1.807) is 55.4 Å². The Morgan fingerprint density at radius 3 is 1.29 bits per heavy atom. The molecular weight excluding hydrogens is 943 g/mol. The zero-order chi connectivity index (χ0) is 55.4. The largest absolute Gasteiger partial charge is 0.481 e. The lowest BCUT2D eigenvalue weighted by molar-refractivity contribution is -0.155. The highest BCUT2D eigenvalue weighted by Crippen LogP contribution is 2.19. The second-order valence-corrected chi connectivity index (χ2v) is 21.8. The van der Waals surface area contributed by atoms with E-state index < -0.39 is 139 Å². The summed E-state index contributed by atoms with van der Waals surface area (Å²) < 4.78 is 6.04. The van der Waals surface area contributed by atoms with Gasteiger partial charge in [0.15, 0.2) is 0 Å². The summed E-state index contributed by atoms with van der Waals surface area (Å²) in [5.74, 6) is -11.2. The standard InChI is InChI=1S/C53H93N7O13/c1-12-13-14-15-16-17-18-19-20-21-22-23-36-29-42(61)54-37(24-25-43(62)63)47(66)59-45(34(8)9)51(70)56-39(27-32(4)5)50(69)60-46(35(10)11)52(71)57-40(30-44(64)65)49(68)55-38(26-31(2)3)48(67)58-41(28-33(6)7)53(72)73-36/h31-41,45-46H,12-30H2,1-11H3,(H,54,61)(H,55,68)(H,56,70)(H,57,71)(H,58,67)(H,59,66)(H,60,69)(H,62,63)(H,64,65)/t36-,37+,38+,39+,40+,41+,45+,46+/m1/s1. The Labute approximate surface area is 434 Å². The number of carbonyl (C=O) groups excluding carboxylic acids is 8. The van der Waals surface area contributed by atoms with Gasteiger partial charge in [-0.2, -0.15) is 0 Å². The molecule has 0 aromatic heterocycles. The number of carbonyl (C=O) groups is 10. The van der Waals surface area contributed by atoms with Crippen molar-refractivity contribution in [2.24, 2.45) is 29.6 Å². The molecule has 0 aromatic rings. The van der Waals surface area contributed by atoms with E-state index in [9.17, 15) is 58.2 Å². The predicted octanol–water partition coefficient (Wildman–Crippen LogP) is 5.19. The van der Waals surface area contributed by atoms with E-state index in [1.807, 2.05) is 13.8 Å². The van der Waals surface area contributed by atoms with Crippen molar-refractivity contribution in [1.29, 1.82) is 0 Å². The quantitative estimate of drug-likeness (QED) is 0.0421. The number of cyclic esters (lactones) is 1. The van der Waals surface area contributed by atoms with Crippen LogP contribution in [0.25, 0.3) is 0 Å². The second-order valence-electron chi connectivity index (χ2n) is 21.8. The Morgan fingerprint density at radius 2 is 0.849 bits per heavy atom. The second kappa shape index (κ2) is 35.0. The zero-order valence-corrected chi connectivity index (χ0v) is 45.8. The number of carboxylic acid groups (broad SMARTS) is 2. The van der Waals surface area contributed by atoms with Crippen molar-refractivity contribution in [2.75, 3.05) is 0 Å². The molecule has 1 rings (SSSR count). The zero-order valence-electron chi connectivity index (χ0n) is 45.8. The molecule has 1 aliphatic heterocycles. The van der Waals surface area contributed by atoms with Crippen molar-refractivity contribution < 1.29 is 62.9 Å². The van der Waals surface area contributed by atoms with E-state index in [4.69, 9.17) is 4.74 Å². The van der Waals surface area contributed by atoms with Crippen LogP contribution in [0.3, 0.4) is 0 Å². The van der Waals surface area contributed by atoms with E-state index in [1.165, 1.54) is 32.1 Å². The van der Waals surface area contributed by atoms with Crippen molar-refractivity contribution in [3.8, 4) is 0 Å². The van der Waals surface area contributed by atoms with Gasteiger partial charge in [-0.15, -0.1) is 0 Å². The van der Waals surface area contributed by atoms with Crippen LogP contribution in [0.5, 0.6) is 0 Å². The maximum atomic E-state index is 14.2. The lowest BCUT2D eigenvalue weighted by Crippen LogP contribution is -2.61. The lowest BCUT2D eigenvalue weighted by Gasteiger charge is -2.30. The average molecular weight is 1040 g/mol. The fourth-order valence-electron chi connectivity index (χ4n) is 8.60. The van der Waals surface area contributed by atoms with E-state index in [2.05, 4.69) is 44.1 Å². The molecule has 1 saturated heterocycles. The smallest absolute Gasteiger partial charge is 0.328 e. The van der Waals surface area contributed by atoms with Crippen LogP contribution in [0.15, 0.2) is 0 Å². The number of unbranched alkanes of at least 4 members (excludes halogenated alkanes) is 10. The Hall–Kier alpha value is -5.30. The molecule has 7 amide bonds. The van der Waals surface area contributed by atoms with Gasteiger partial charge in [0, 0.05) is 6.42 Å². The number of nitrogens with one attached hydrogen (secondary N) is 7. The van der Waals surface area contributed by atoms with E-state index >= 15 is 0 Å². The highest BCUT2D eigenvalue weighted by Gasteiger charge is 2.37. The SMILES string of the molecule is CCCCCCCCCCCCC[C@@H]1CC(=O)N[C@@H](CCC(=O)O)C(=O)N[C@@H](C(C)C)C(=O)N[C@@H](CC(C)C)C(=O)N[C@@H](C(C)C)C(=O)N[C@@H](CC(=O)O)C(=O)N[C@@H](CC(C)C)C(=O)N[C@@H](CC(C)C)C(=O)O1. The van der Waals surface area contributed by atoms with Gasteiger partial charge in [0.05, 0.1) is 12.8 Å². The normalized spacial score (nSPS) is 23.9. The van der Waals surface area contributed by atoms with Gasteiger partial charge in [-0.25, -0.2) is 4.79 Å². The van der Waals surface area contributed by atoms with Crippen LogP contribution in [0.2, 0.25) is 0 Å². The van der Waals surface area contributed by atoms with Crippen LogP contribution in [0, 0.1) is 29.6 Å². The predicted molar refractivity (Wildman–Crippen MR) is 276 cm³/mol. The van der Waals surface area contributed by atoms with Gasteiger partial charge in [-0.3, -0.25) is 43.2 Å². The van der Waals surface area contributed by atoms with E-state index in [0.29, 0.717) is 6.42 Å². The van der Waals surface area contributed by atoms with Crippen molar-refractivity contribution >= 4 is 59.3 Å². The number of esters is 1. The molecule has 1 fully saturated rings. The summed E-state index contributed by atoms with van der Waals surface area (Å²) in [4.78, 5) is 136. The van der Waals surface area contributed by atoms with Gasteiger partial charge < -0.3 is 52.2 Å². The fourth-order valence-corrected chi connectivity index (χ4v) is 8.60. The highest BCUT2D eigenvalue weighted by atomic mass is 16.5. The fraction of sp³-hybridized carbons (Fsp3) is 0.811. The lowest BCUT2D eigenvalue weighted by atomic mass is 9.97. The minimum Gasteiger partial charge on any atom is -0.481 e. The summed E-state index contributed by atoms with van der Waals surface area (Å²) in [6.45, 7) is 19.5. The monoisotopic (exact) mass is 1040 g/mol. The molecule has 1 aliphatic rings. The number of ether oxygens (including phenoxy) is 1. The molecule has 1 heterocycles. The third-order valence-corrected chi connectivity index (χ3v) is 12.6. The van der Waals surface area contributed by atoms with Gasteiger partial charge in [-0.05, 0) is 68.1 Å². The number of carboxylic acids is 2. The van der Waals surface area contributed by atoms with Crippen molar-refractivity contribution in [3.05, 3.63) is 0 Å². The van der Waals surface area contributed by atoms with Crippen LogP contribution in [0.1, 0.15) is 198 Å². The first kappa shape index (κ1) is 65.7. The first-order chi connectivity index (χ1) is 34.2. The summed E-state index contributed by atoms with van der Waals surface area (Å²) >= 11 is 0. The average Bonchev–Trinajstić information content (AvgIpc) is 3.27. The maximum absolute atomic E-state index is 14.2. The summed E-state index contributed by atoms with van der Waals surface area (Å²) in [7, 11) is 0. The number of rotatable bonds is 25. The Balaban J connectivity index is 3.89. The molecule has 0 spiro atoms. The van der Waals surface area contributed by atoms with Gasteiger partial charge in [0.1, 0.15) is 48.4 Å². The third kappa shape index (κ3) is 27.5. The van der Waals surface area contributed by atoms with Crippen LogP contribution in [0.4, 0.5) is 0 Å². The van der Waals surface area contributed by atoms with Crippen molar-refractivity contribution in [1.82, 2.24) is 37.2 Å². The van der Waals surface area contributed by atoms with Gasteiger partial charge >= 0.3 is 17.9 Å². The topological polar surface area (TPSA) is 305 Å². The minimum atomic E-state index is -1.72. The van der Waals surface area contributed by atoms with Gasteiger partial charge in [0.25, 0.3) is 0 Å². The molecule has 0 bridgehead atoms. The number of hydrogen-bond donors (Lipinski definition) is 9. The van der Waals surface area contributed by atoms with E-state index in [-0.39, 0.29) is 49.9 Å². The molecule has 0 unspecified atom stereocenters. The summed E-state index contributed by atoms with van der Waals surface area (Å²) in [6.07, 6.45) is 8.74. The van der Waals surface area contributed by atoms with Gasteiger partial charge in [-0.1, -0.05) is 140 Å². The molecule has 0 radical (unpaired) electrons. The van der Waals surface area contributed by atoms with Crippen LogP contribution < -0.4 is 37.2 Å². The molecule has 20 nitrogen and oxygen atoms in total. The molecule has 0 aromatic carbocycles. The first-order valence-corrected chi connectivity index (χ1v) is 27.0. The summed E-state index contributed by atoms with van der Waals surface area (Å²) in [6, 6.07) is -9.67. The molecular formula is C53H93N7O13. The van der Waals surface area contributed by atoms with E-state index in [0.717, 1.165) is 32.1 Å². The molecule has 8 atom stereocenters. The Kier molecular flexibility index (Phi) is 31.5. The maximum Gasteiger partial charge on any atom is 0.328 e. The number of amides is 7. The number of aliphatic carboxylic acids is 2.